The van der Waals surface area contributed by atoms with Crippen molar-refractivity contribution in [3.63, 3.8) is 0 Å². The molecule has 1 rings (SSSR count). The Hall–Kier alpha value is -2.53. The average Bonchev–Trinajstić information content (AvgIpc) is 2.86. The van der Waals surface area contributed by atoms with Gasteiger partial charge in [0.2, 0.25) is 0 Å². The lowest BCUT2D eigenvalue weighted by molar-refractivity contribution is -0.147. The van der Waals surface area contributed by atoms with Crippen molar-refractivity contribution in [1.29, 1.82) is 0 Å². The van der Waals surface area contributed by atoms with Crippen LogP contribution in [0.2, 0.25) is 0 Å². The van der Waals surface area contributed by atoms with Gasteiger partial charge in [0.05, 0.1) is 44.4 Å². The molecule has 39 heavy (non-hydrogen) atoms. The minimum atomic E-state index is -0.834. The van der Waals surface area contributed by atoms with Crippen molar-refractivity contribution in [1.82, 2.24) is 16.0 Å². The number of esters is 1. The second-order valence-corrected chi connectivity index (χ2v) is 10.9. The van der Waals surface area contributed by atoms with Gasteiger partial charge in [-0.05, 0) is 39.7 Å². The first-order valence-electron chi connectivity index (χ1n) is 13.7. The number of rotatable bonds is 19. The first kappa shape index (κ1) is 34.5. The number of hydrogen-bond acceptors (Lipinski definition) is 9. The lowest BCUT2D eigenvalue weighted by Gasteiger charge is -2.33. The summed E-state index contributed by atoms with van der Waals surface area (Å²) in [6.07, 6.45) is 0.0315. The standard InChI is InChI=1S/C29H49N3O7/c1-8-29(7,31-15-17-37-19-18-36-16-14-30-27(35)39-28(4,5)6)26(34)24(32-22(2)3)20-25(33)38-21-23-12-10-9-11-13-23/h9-13,22,24,31-32H,8,14-21H2,1-7H3,(H,30,35). The van der Waals surface area contributed by atoms with Crippen molar-refractivity contribution in [3.05, 3.63) is 35.9 Å². The smallest absolute Gasteiger partial charge is 0.407 e. The zero-order valence-corrected chi connectivity index (χ0v) is 24.8. The molecule has 3 N–H and O–H groups in total. The topological polar surface area (TPSA) is 124 Å². The number of nitrogens with one attached hydrogen (secondary N) is 3. The molecule has 0 aliphatic heterocycles. The zero-order chi connectivity index (χ0) is 29.3. The van der Waals surface area contributed by atoms with Crippen LogP contribution in [-0.2, 0) is 35.1 Å². The molecule has 0 aliphatic carbocycles. The molecule has 10 heteroatoms. The summed E-state index contributed by atoms with van der Waals surface area (Å²) in [6, 6.07) is 8.80. The van der Waals surface area contributed by atoms with Crippen LogP contribution in [0.15, 0.2) is 30.3 Å². The molecule has 0 saturated carbocycles. The summed E-state index contributed by atoms with van der Waals surface area (Å²) in [7, 11) is 0. The van der Waals surface area contributed by atoms with E-state index in [1.807, 2.05) is 58.0 Å². The summed E-state index contributed by atoms with van der Waals surface area (Å²) < 4.78 is 21.6. The molecule has 0 bridgehead atoms. The highest BCUT2D eigenvalue weighted by molar-refractivity contribution is 5.95. The summed E-state index contributed by atoms with van der Waals surface area (Å²) in [5.74, 6) is -0.510. The number of hydrogen-bond donors (Lipinski definition) is 3. The average molecular weight is 552 g/mol. The second-order valence-electron chi connectivity index (χ2n) is 10.9. The van der Waals surface area contributed by atoms with E-state index in [-0.39, 0.29) is 24.9 Å². The molecular formula is C29H49N3O7. The monoisotopic (exact) mass is 551 g/mol. The van der Waals surface area contributed by atoms with E-state index in [0.717, 1.165) is 5.56 Å². The fraction of sp³-hybridized carbons (Fsp3) is 0.690. The molecule has 10 nitrogen and oxygen atoms in total. The summed E-state index contributed by atoms with van der Waals surface area (Å²) >= 11 is 0. The van der Waals surface area contributed by atoms with Crippen molar-refractivity contribution in [3.8, 4) is 0 Å². The minimum Gasteiger partial charge on any atom is -0.461 e. The van der Waals surface area contributed by atoms with Crippen LogP contribution in [0.25, 0.3) is 0 Å². The molecule has 0 aliphatic rings. The van der Waals surface area contributed by atoms with E-state index in [1.165, 1.54) is 0 Å². The van der Waals surface area contributed by atoms with Crippen LogP contribution < -0.4 is 16.0 Å². The Kier molecular flexibility index (Phi) is 15.9. The zero-order valence-electron chi connectivity index (χ0n) is 24.8. The van der Waals surface area contributed by atoms with Crippen molar-refractivity contribution < 1.29 is 33.3 Å². The van der Waals surface area contributed by atoms with Gasteiger partial charge in [0, 0.05) is 19.1 Å². The van der Waals surface area contributed by atoms with E-state index in [9.17, 15) is 14.4 Å². The van der Waals surface area contributed by atoms with Gasteiger partial charge < -0.3 is 34.9 Å². The molecule has 1 aromatic rings. The second kappa shape index (κ2) is 17.9. The predicted molar refractivity (Wildman–Crippen MR) is 150 cm³/mol. The number of benzene rings is 1. The van der Waals surface area contributed by atoms with Crippen molar-refractivity contribution in [2.45, 2.75) is 91.1 Å². The molecule has 0 heterocycles. The maximum absolute atomic E-state index is 13.5. The van der Waals surface area contributed by atoms with Gasteiger partial charge in [-0.25, -0.2) is 4.79 Å². The molecule has 0 spiro atoms. The van der Waals surface area contributed by atoms with Gasteiger partial charge >= 0.3 is 12.1 Å². The summed E-state index contributed by atoms with van der Waals surface area (Å²) in [5, 5.41) is 9.16. The lowest BCUT2D eigenvalue weighted by Crippen LogP contribution is -2.58. The van der Waals surface area contributed by atoms with Gasteiger partial charge in [-0.3, -0.25) is 9.59 Å². The quantitative estimate of drug-likeness (QED) is 0.175. The van der Waals surface area contributed by atoms with Gasteiger partial charge in [-0.1, -0.05) is 51.1 Å². The van der Waals surface area contributed by atoms with Crippen LogP contribution in [0.1, 0.15) is 66.9 Å². The van der Waals surface area contributed by atoms with E-state index in [2.05, 4.69) is 16.0 Å². The number of alkyl carbamates (subject to hydrolysis) is 1. The lowest BCUT2D eigenvalue weighted by atomic mass is 9.87. The Balaban J connectivity index is 2.39. The number of carbonyl (C=O) groups excluding carboxylic acids is 3. The van der Waals surface area contributed by atoms with Crippen LogP contribution >= 0.6 is 0 Å². The van der Waals surface area contributed by atoms with E-state index >= 15 is 0 Å². The number of ether oxygens (including phenoxy) is 4. The van der Waals surface area contributed by atoms with Crippen LogP contribution in [0, 0.1) is 0 Å². The van der Waals surface area contributed by atoms with Gasteiger partial charge in [-0.2, -0.15) is 0 Å². The van der Waals surface area contributed by atoms with Crippen molar-refractivity contribution >= 4 is 17.8 Å². The van der Waals surface area contributed by atoms with E-state index in [1.54, 1.807) is 20.8 Å². The normalized spacial score (nSPS) is 13.9. The molecule has 0 aromatic heterocycles. The Labute approximate surface area is 233 Å². The third-order valence-corrected chi connectivity index (χ3v) is 5.76. The third-order valence-electron chi connectivity index (χ3n) is 5.76. The fourth-order valence-electron chi connectivity index (χ4n) is 3.62. The Bertz CT molecular complexity index is 858. The highest BCUT2D eigenvalue weighted by atomic mass is 16.6. The summed E-state index contributed by atoms with van der Waals surface area (Å²) in [6.45, 7) is 15.6. The minimum absolute atomic E-state index is 0.0182. The molecule has 222 valence electrons. The molecule has 0 fully saturated rings. The number of ketones is 1. The molecule has 2 unspecified atom stereocenters. The largest absolute Gasteiger partial charge is 0.461 e. The maximum atomic E-state index is 13.5. The Morgan fingerprint density at radius 3 is 2.08 bits per heavy atom. The molecule has 1 aromatic carbocycles. The van der Waals surface area contributed by atoms with Crippen molar-refractivity contribution in [2.24, 2.45) is 0 Å². The first-order valence-corrected chi connectivity index (χ1v) is 13.7. The Morgan fingerprint density at radius 2 is 1.51 bits per heavy atom. The van der Waals surface area contributed by atoms with E-state index < -0.39 is 29.2 Å². The molecule has 0 radical (unpaired) electrons. The Morgan fingerprint density at radius 1 is 0.897 bits per heavy atom. The van der Waals surface area contributed by atoms with Gasteiger partial charge in [0.15, 0.2) is 5.78 Å². The number of Topliss-reactive ketones (excluding diaryl/α,β-unsaturated/α-hetero) is 1. The van der Waals surface area contributed by atoms with E-state index in [0.29, 0.717) is 45.9 Å². The van der Waals surface area contributed by atoms with Gasteiger partial charge in [0.1, 0.15) is 12.2 Å². The van der Waals surface area contributed by atoms with Crippen LogP contribution in [0.3, 0.4) is 0 Å². The summed E-state index contributed by atoms with van der Waals surface area (Å²) in [4.78, 5) is 37.6. The SMILES string of the molecule is CCC(C)(NCCOCCOCCNC(=O)OC(C)(C)C)C(=O)C(CC(=O)OCc1ccccc1)NC(C)C. The number of amides is 1. The fourth-order valence-corrected chi connectivity index (χ4v) is 3.62. The predicted octanol–water partition coefficient (Wildman–Crippen LogP) is 3.37. The van der Waals surface area contributed by atoms with Crippen molar-refractivity contribution in [2.75, 3.05) is 39.5 Å². The third kappa shape index (κ3) is 15.6. The number of carbonyl (C=O) groups is 3. The van der Waals surface area contributed by atoms with Gasteiger partial charge in [0.25, 0.3) is 0 Å². The highest BCUT2D eigenvalue weighted by Gasteiger charge is 2.37. The van der Waals surface area contributed by atoms with Crippen LogP contribution in [-0.4, -0.2) is 80.6 Å². The molecule has 2 atom stereocenters. The molecule has 0 saturated heterocycles. The molecule has 1 amide bonds. The highest BCUT2D eigenvalue weighted by Crippen LogP contribution is 2.16. The first-order chi connectivity index (χ1) is 18.4. The van der Waals surface area contributed by atoms with Gasteiger partial charge in [-0.15, -0.1) is 0 Å². The van der Waals surface area contributed by atoms with E-state index in [4.69, 9.17) is 18.9 Å². The van der Waals surface area contributed by atoms with Crippen LogP contribution in [0.5, 0.6) is 0 Å². The summed E-state index contributed by atoms with van der Waals surface area (Å²) in [5.41, 5.74) is -0.473. The van der Waals surface area contributed by atoms with Crippen LogP contribution in [0.4, 0.5) is 4.79 Å². The molecular weight excluding hydrogens is 502 g/mol. The maximum Gasteiger partial charge on any atom is 0.407 e.